The van der Waals surface area contributed by atoms with Gasteiger partial charge in [-0.3, -0.25) is 4.79 Å². The Labute approximate surface area is 106 Å². The molecule has 0 aromatic carbocycles. The van der Waals surface area contributed by atoms with E-state index < -0.39 is 0 Å². The van der Waals surface area contributed by atoms with E-state index >= 15 is 0 Å². The van der Waals surface area contributed by atoms with E-state index in [1.165, 1.54) is 12.8 Å². The first-order chi connectivity index (χ1) is 8.69. The van der Waals surface area contributed by atoms with Gasteiger partial charge >= 0.3 is 0 Å². The molecule has 1 heterocycles. The van der Waals surface area contributed by atoms with E-state index in [0.717, 1.165) is 0 Å². The molecule has 0 aliphatic heterocycles. The Balaban J connectivity index is 1.93. The number of nitrogen functional groups attached to an aromatic ring is 1. The number of hydrogen-bond donors (Lipinski definition) is 3. The fourth-order valence-corrected chi connectivity index (χ4v) is 1.41. The Kier molecular flexibility index (Phi) is 3.86. The van der Waals surface area contributed by atoms with Crippen molar-refractivity contribution >= 4 is 17.4 Å². The first-order valence-corrected chi connectivity index (χ1v) is 6.03. The summed E-state index contributed by atoms with van der Waals surface area (Å²) < 4.78 is 5.56. The first-order valence-electron chi connectivity index (χ1n) is 6.03. The number of nitrogens with one attached hydrogen (secondary N) is 2. The molecule has 1 amide bonds. The van der Waals surface area contributed by atoms with Gasteiger partial charge in [0, 0.05) is 7.05 Å². The lowest BCUT2D eigenvalue weighted by Gasteiger charge is -2.10. The summed E-state index contributed by atoms with van der Waals surface area (Å²) in [6.07, 6.45) is 2.43. The fraction of sp³-hybridized carbons (Fsp3) is 0.500. The van der Waals surface area contributed by atoms with Crippen LogP contribution >= 0.6 is 0 Å². The van der Waals surface area contributed by atoms with Crippen molar-refractivity contribution in [2.75, 3.05) is 31.2 Å². The summed E-state index contributed by atoms with van der Waals surface area (Å²) >= 11 is 0. The van der Waals surface area contributed by atoms with Crippen LogP contribution in [0.4, 0.5) is 11.5 Å². The van der Waals surface area contributed by atoms with Crippen molar-refractivity contribution in [3.8, 4) is 5.88 Å². The van der Waals surface area contributed by atoms with Crippen LogP contribution in [0.15, 0.2) is 12.1 Å². The van der Waals surface area contributed by atoms with Gasteiger partial charge in [-0.25, -0.2) is 0 Å². The van der Waals surface area contributed by atoms with E-state index in [4.69, 9.17) is 10.5 Å². The Bertz CT molecular complexity index is 432. The molecule has 1 aromatic rings. The smallest absolute Gasteiger partial charge is 0.239 e. The van der Waals surface area contributed by atoms with Gasteiger partial charge in [0.1, 0.15) is 5.82 Å². The van der Waals surface area contributed by atoms with Crippen molar-refractivity contribution in [3.05, 3.63) is 12.1 Å². The van der Waals surface area contributed by atoms with Crippen LogP contribution in [0.3, 0.4) is 0 Å². The number of ether oxygens (including phenoxy) is 1. The Morgan fingerprint density at radius 3 is 3.00 bits per heavy atom. The Hall–Kier alpha value is -1.98. The zero-order chi connectivity index (χ0) is 13.0. The molecule has 0 spiro atoms. The molecular weight excluding hydrogens is 232 g/mol. The van der Waals surface area contributed by atoms with Crippen molar-refractivity contribution < 1.29 is 9.53 Å². The SMILES string of the molecule is CNC(=O)CNc1ccc(N)c(OCC2CC2)n1. The van der Waals surface area contributed by atoms with E-state index in [1.54, 1.807) is 19.2 Å². The maximum atomic E-state index is 11.1. The van der Waals surface area contributed by atoms with Crippen LogP contribution in [0.1, 0.15) is 12.8 Å². The van der Waals surface area contributed by atoms with Gasteiger partial charge in [-0.05, 0) is 30.9 Å². The summed E-state index contributed by atoms with van der Waals surface area (Å²) in [6.45, 7) is 0.839. The minimum Gasteiger partial charge on any atom is -0.476 e. The van der Waals surface area contributed by atoms with Crippen LogP contribution < -0.4 is 21.1 Å². The van der Waals surface area contributed by atoms with E-state index in [9.17, 15) is 4.79 Å². The molecule has 1 aliphatic rings. The van der Waals surface area contributed by atoms with Crippen LogP contribution in [0, 0.1) is 5.92 Å². The maximum Gasteiger partial charge on any atom is 0.239 e. The summed E-state index contributed by atoms with van der Waals surface area (Å²) in [6, 6.07) is 3.45. The molecule has 0 bridgehead atoms. The highest BCUT2D eigenvalue weighted by Crippen LogP contribution is 2.30. The minimum atomic E-state index is -0.103. The Morgan fingerprint density at radius 2 is 2.33 bits per heavy atom. The molecule has 0 saturated heterocycles. The highest BCUT2D eigenvalue weighted by molar-refractivity contribution is 5.80. The highest BCUT2D eigenvalue weighted by Gasteiger charge is 2.22. The topological polar surface area (TPSA) is 89.3 Å². The van der Waals surface area contributed by atoms with Crippen molar-refractivity contribution in [2.24, 2.45) is 5.92 Å². The van der Waals surface area contributed by atoms with Crippen LogP contribution in [-0.4, -0.2) is 31.1 Å². The molecule has 2 rings (SSSR count). The lowest BCUT2D eigenvalue weighted by Crippen LogP contribution is -2.26. The largest absolute Gasteiger partial charge is 0.476 e. The normalized spacial score (nSPS) is 14.1. The van der Waals surface area contributed by atoms with Crippen molar-refractivity contribution in [3.63, 3.8) is 0 Å². The van der Waals surface area contributed by atoms with Gasteiger partial charge in [0.05, 0.1) is 18.8 Å². The Morgan fingerprint density at radius 1 is 1.56 bits per heavy atom. The van der Waals surface area contributed by atoms with Gasteiger partial charge in [0.15, 0.2) is 0 Å². The van der Waals surface area contributed by atoms with Gasteiger partial charge in [-0.1, -0.05) is 0 Å². The number of amides is 1. The number of nitrogens with two attached hydrogens (primary N) is 1. The predicted octanol–water partition coefficient (Wildman–Crippen LogP) is 0.610. The molecule has 1 fully saturated rings. The monoisotopic (exact) mass is 250 g/mol. The number of likely N-dealkylation sites (N-methyl/N-ethyl adjacent to an activating group) is 1. The third-order valence-corrected chi connectivity index (χ3v) is 2.75. The van der Waals surface area contributed by atoms with Crippen molar-refractivity contribution in [2.45, 2.75) is 12.8 Å². The van der Waals surface area contributed by atoms with Crippen molar-refractivity contribution in [1.29, 1.82) is 0 Å². The average molecular weight is 250 g/mol. The molecule has 98 valence electrons. The average Bonchev–Trinajstić information content (AvgIpc) is 3.19. The minimum absolute atomic E-state index is 0.103. The third-order valence-electron chi connectivity index (χ3n) is 2.75. The number of anilines is 2. The van der Waals surface area contributed by atoms with E-state index in [1.807, 2.05) is 0 Å². The number of hydrogen-bond acceptors (Lipinski definition) is 5. The summed E-state index contributed by atoms with van der Waals surface area (Å²) in [4.78, 5) is 15.3. The maximum absolute atomic E-state index is 11.1. The fourth-order valence-electron chi connectivity index (χ4n) is 1.41. The molecule has 6 nitrogen and oxygen atoms in total. The second kappa shape index (κ2) is 5.57. The molecule has 1 aliphatic carbocycles. The zero-order valence-corrected chi connectivity index (χ0v) is 10.4. The molecule has 1 saturated carbocycles. The van der Waals surface area contributed by atoms with E-state index in [2.05, 4.69) is 15.6 Å². The lowest BCUT2D eigenvalue weighted by molar-refractivity contribution is -0.118. The van der Waals surface area contributed by atoms with Crippen LogP contribution in [-0.2, 0) is 4.79 Å². The predicted molar refractivity (Wildman–Crippen MR) is 69.4 cm³/mol. The van der Waals surface area contributed by atoms with Crippen LogP contribution in [0.2, 0.25) is 0 Å². The number of nitrogens with zero attached hydrogens (tertiary/aromatic N) is 1. The quantitative estimate of drug-likeness (QED) is 0.688. The number of carbonyl (C=O) groups is 1. The van der Waals surface area contributed by atoms with Gasteiger partial charge in [0.2, 0.25) is 11.8 Å². The molecule has 0 radical (unpaired) electrons. The lowest BCUT2D eigenvalue weighted by atomic mass is 10.4. The second-order valence-electron chi connectivity index (χ2n) is 4.37. The van der Waals surface area contributed by atoms with Crippen molar-refractivity contribution in [1.82, 2.24) is 10.3 Å². The summed E-state index contributed by atoms with van der Waals surface area (Å²) in [7, 11) is 1.59. The second-order valence-corrected chi connectivity index (χ2v) is 4.37. The van der Waals surface area contributed by atoms with E-state index in [-0.39, 0.29) is 12.5 Å². The molecule has 1 aromatic heterocycles. The van der Waals surface area contributed by atoms with Gasteiger partial charge in [-0.2, -0.15) is 4.98 Å². The molecule has 0 atom stereocenters. The molecule has 6 heteroatoms. The number of rotatable bonds is 6. The summed E-state index contributed by atoms with van der Waals surface area (Å²) in [5.74, 6) is 1.56. The number of carbonyl (C=O) groups excluding carboxylic acids is 1. The van der Waals surface area contributed by atoms with Gasteiger partial charge < -0.3 is 21.1 Å². The molecule has 4 N–H and O–H groups in total. The number of pyridine rings is 1. The molecular formula is C12H18N4O2. The standard InChI is InChI=1S/C12H18N4O2/c1-14-11(17)6-15-10-5-4-9(13)12(16-10)18-7-8-2-3-8/h4-5,8H,2-3,6-7,13H2,1H3,(H,14,17)(H,15,16). The van der Waals surface area contributed by atoms with Crippen LogP contribution in [0.5, 0.6) is 5.88 Å². The molecule has 0 unspecified atom stereocenters. The highest BCUT2D eigenvalue weighted by atomic mass is 16.5. The zero-order valence-electron chi connectivity index (χ0n) is 10.4. The first kappa shape index (κ1) is 12.5. The third kappa shape index (κ3) is 3.51. The van der Waals surface area contributed by atoms with Crippen LogP contribution in [0.25, 0.3) is 0 Å². The summed E-state index contributed by atoms with van der Waals surface area (Å²) in [5.41, 5.74) is 6.30. The molecule has 18 heavy (non-hydrogen) atoms. The van der Waals surface area contributed by atoms with Gasteiger partial charge in [0.25, 0.3) is 0 Å². The van der Waals surface area contributed by atoms with Gasteiger partial charge in [-0.15, -0.1) is 0 Å². The number of aromatic nitrogens is 1. The van der Waals surface area contributed by atoms with E-state index in [0.29, 0.717) is 29.9 Å². The summed E-state index contributed by atoms with van der Waals surface area (Å²) in [5, 5.41) is 5.43.